The highest BCUT2D eigenvalue weighted by Gasteiger charge is 2.32. The number of nitrogens with two attached hydrogens (primary N) is 1. The smallest absolute Gasteiger partial charge is 0.249 e. The Morgan fingerprint density at radius 2 is 2.26 bits per heavy atom. The first-order chi connectivity index (χ1) is 11.1. The van der Waals surface area contributed by atoms with E-state index in [1.807, 2.05) is 42.6 Å². The SMILES string of the molecule is CC(C)C(NC(=O)[C@@H]1CC[C@H](CN)O1)c1nnc2ccccn12. The van der Waals surface area contributed by atoms with E-state index in [2.05, 4.69) is 15.5 Å². The Balaban J connectivity index is 1.78. The van der Waals surface area contributed by atoms with Gasteiger partial charge in [-0.25, -0.2) is 0 Å². The molecule has 1 saturated heterocycles. The summed E-state index contributed by atoms with van der Waals surface area (Å²) < 4.78 is 7.58. The Bertz CT molecular complexity index is 684. The largest absolute Gasteiger partial charge is 0.364 e. The number of aromatic nitrogens is 3. The lowest BCUT2D eigenvalue weighted by atomic mass is 10.0. The third kappa shape index (κ3) is 3.20. The molecule has 3 rings (SSSR count). The molecule has 0 saturated carbocycles. The molecule has 3 N–H and O–H groups in total. The summed E-state index contributed by atoms with van der Waals surface area (Å²) in [6.07, 6.45) is 3.00. The maximum Gasteiger partial charge on any atom is 0.249 e. The van der Waals surface area contributed by atoms with Crippen LogP contribution in [-0.4, -0.2) is 39.3 Å². The van der Waals surface area contributed by atoms with Gasteiger partial charge in [-0.05, 0) is 30.9 Å². The van der Waals surface area contributed by atoms with Crippen LogP contribution in [0.4, 0.5) is 0 Å². The molecule has 3 heterocycles. The van der Waals surface area contributed by atoms with Gasteiger partial charge < -0.3 is 15.8 Å². The summed E-state index contributed by atoms with van der Waals surface area (Å²) in [6, 6.07) is 5.50. The zero-order chi connectivity index (χ0) is 16.4. The van der Waals surface area contributed by atoms with Gasteiger partial charge in [0, 0.05) is 12.7 Å². The summed E-state index contributed by atoms with van der Waals surface area (Å²) in [5, 5.41) is 11.5. The van der Waals surface area contributed by atoms with Crippen LogP contribution in [0.2, 0.25) is 0 Å². The highest BCUT2D eigenvalue weighted by atomic mass is 16.5. The number of hydrogen-bond donors (Lipinski definition) is 2. The molecule has 1 unspecified atom stereocenters. The van der Waals surface area contributed by atoms with Gasteiger partial charge in [0.15, 0.2) is 11.5 Å². The molecular weight excluding hydrogens is 294 g/mol. The fourth-order valence-corrected chi connectivity index (χ4v) is 2.92. The van der Waals surface area contributed by atoms with Crippen molar-refractivity contribution in [2.45, 2.75) is 44.9 Å². The molecule has 2 aromatic rings. The minimum Gasteiger partial charge on any atom is -0.364 e. The molecule has 1 fully saturated rings. The van der Waals surface area contributed by atoms with Gasteiger partial charge in [0.1, 0.15) is 6.10 Å². The number of hydrogen-bond acceptors (Lipinski definition) is 5. The topological polar surface area (TPSA) is 94.5 Å². The van der Waals surface area contributed by atoms with Crippen LogP contribution in [-0.2, 0) is 9.53 Å². The fourth-order valence-electron chi connectivity index (χ4n) is 2.92. The lowest BCUT2D eigenvalue weighted by molar-refractivity contribution is -0.133. The number of nitrogens with one attached hydrogen (secondary N) is 1. The van der Waals surface area contributed by atoms with Gasteiger partial charge >= 0.3 is 0 Å². The maximum atomic E-state index is 12.5. The summed E-state index contributed by atoms with van der Waals surface area (Å²) in [4.78, 5) is 12.5. The van der Waals surface area contributed by atoms with E-state index in [1.165, 1.54) is 0 Å². The average molecular weight is 317 g/mol. The van der Waals surface area contributed by atoms with Crippen molar-refractivity contribution in [1.82, 2.24) is 19.9 Å². The van der Waals surface area contributed by atoms with E-state index in [1.54, 1.807) is 0 Å². The van der Waals surface area contributed by atoms with Crippen molar-refractivity contribution in [2.24, 2.45) is 11.7 Å². The third-order valence-electron chi connectivity index (χ3n) is 4.25. The molecule has 0 spiro atoms. The highest BCUT2D eigenvalue weighted by molar-refractivity contribution is 5.81. The van der Waals surface area contributed by atoms with E-state index < -0.39 is 6.10 Å². The van der Waals surface area contributed by atoms with Crippen LogP contribution in [0.25, 0.3) is 5.65 Å². The minimum absolute atomic E-state index is 0.0165. The van der Waals surface area contributed by atoms with Gasteiger partial charge in [-0.15, -0.1) is 10.2 Å². The first-order valence-corrected chi connectivity index (χ1v) is 8.05. The first-order valence-electron chi connectivity index (χ1n) is 8.05. The van der Waals surface area contributed by atoms with Crippen LogP contribution >= 0.6 is 0 Å². The Kier molecular flexibility index (Phi) is 4.58. The van der Waals surface area contributed by atoms with Gasteiger partial charge in [0.05, 0.1) is 12.1 Å². The van der Waals surface area contributed by atoms with Crippen molar-refractivity contribution in [1.29, 1.82) is 0 Å². The van der Waals surface area contributed by atoms with Crippen molar-refractivity contribution < 1.29 is 9.53 Å². The van der Waals surface area contributed by atoms with Crippen molar-refractivity contribution in [3.63, 3.8) is 0 Å². The number of nitrogens with zero attached hydrogens (tertiary/aromatic N) is 3. The van der Waals surface area contributed by atoms with Gasteiger partial charge in [0.25, 0.3) is 0 Å². The van der Waals surface area contributed by atoms with E-state index in [9.17, 15) is 4.79 Å². The normalized spacial score (nSPS) is 22.6. The van der Waals surface area contributed by atoms with Gasteiger partial charge in [-0.2, -0.15) is 0 Å². The summed E-state index contributed by atoms with van der Waals surface area (Å²) in [7, 11) is 0. The predicted octanol–water partition coefficient (Wildman–Crippen LogP) is 1.05. The zero-order valence-corrected chi connectivity index (χ0v) is 13.5. The highest BCUT2D eigenvalue weighted by Crippen LogP contribution is 2.24. The lowest BCUT2D eigenvalue weighted by Crippen LogP contribution is -2.40. The standard InChI is InChI=1S/C16H23N5O2/c1-10(2)14(15-20-19-13-5-3-4-8-21(13)15)18-16(22)12-7-6-11(9-17)23-12/h3-5,8,10-12,14H,6-7,9,17H2,1-2H3,(H,18,22)/t11-,12+,14?/m1/s1. The molecule has 2 aromatic heterocycles. The molecule has 0 aromatic carbocycles. The van der Waals surface area contributed by atoms with Crippen molar-refractivity contribution in [3.05, 3.63) is 30.2 Å². The predicted molar refractivity (Wildman–Crippen MR) is 85.7 cm³/mol. The molecule has 7 nitrogen and oxygen atoms in total. The second-order valence-corrected chi connectivity index (χ2v) is 6.28. The summed E-state index contributed by atoms with van der Waals surface area (Å²) in [6.45, 7) is 4.55. The molecule has 1 aliphatic rings. The Morgan fingerprint density at radius 1 is 1.43 bits per heavy atom. The summed E-state index contributed by atoms with van der Waals surface area (Å²) in [5.74, 6) is 0.808. The van der Waals surface area contributed by atoms with Gasteiger partial charge in [0.2, 0.25) is 5.91 Å². The second-order valence-electron chi connectivity index (χ2n) is 6.28. The van der Waals surface area contributed by atoms with Gasteiger partial charge in [-0.1, -0.05) is 19.9 Å². The molecule has 23 heavy (non-hydrogen) atoms. The van der Waals surface area contributed by atoms with Crippen LogP contribution in [0.15, 0.2) is 24.4 Å². The number of carbonyl (C=O) groups excluding carboxylic acids is 1. The van der Waals surface area contributed by atoms with Crippen LogP contribution < -0.4 is 11.1 Å². The lowest BCUT2D eigenvalue weighted by Gasteiger charge is -2.23. The number of amides is 1. The molecule has 7 heteroatoms. The molecule has 1 aliphatic heterocycles. The minimum atomic E-state index is -0.427. The fraction of sp³-hybridized carbons (Fsp3) is 0.562. The van der Waals surface area contributed by atoms with Crippen molar-refractivity contribution in [2.75, 3.05) is 6.54 Å². The summed E-state index contributed by atoms with van der Waals surface area (Å²) in [5.41, 5.74) is 6.37. The number of fused-ring (bicyclic) bond motifs is 1. The van der Waals surface area contributed by atoms with E-state index >= 15 is 0 Å². The van der Waals surface area contributed by atoms with Crippen LogP contribution in [0.3, 0.4) is 0 Å². The average Bonchev–Trinajstić information content (AvgIpc) is 3.19. The first kappa shape index (κ1) is 15.9. The molecule has 3 atom stereocenters. The number of rotatable bonds is 5. The second kappa shape index (κ2) is 6.64. The van der Waals surface area contributed by atoms with E-state index in [4.69, 9.17) is 10.5 Å². The van der Waals surface area contributed by atoms with E-state index in [0.29, 0.717) is 13.0 Å². The zero-order valence-electron chi connectivity index (χ0n) is 13.5. The molecule has 124 valence electrons. The third-order valence-corrected chi connectivity index (χ3v) is 4.25. The van der Waals surface area contributed by atoms with Gasteiger partial charge in [-0.3, -0.25) is 9.20 Å². The number of carbonyl (C=O) groups is 1. The number of ether oxygens (including phenoxy) is 1. The Labute approximate surface area is 135 Å². The molecular formula is C16H23N5O2. The number of pyridine rings is 1. The monoisotopic (exact) mass is 317 g/mol. The maximum absolute atomic E-state index is 12.5. The van der Waals surface area contributed by atoms with Crippen LogP contribution in [0.5, 0.6) is 0 Å². The van der Waals surface area contributed by atoms with Crippen molar-refractivity contribution >= 4 is 11.6 Å². The molecule has 0 radical (unpaired) electrons. The molecule has 1 amide bonds. The molecule has 0 bridgehead atoms. The van der Waals surface area contributed by atoms with Crippen LogP contribution in [0, 0.1) is 5.92 Å². The van der Waals surface area contributed by atoms with E-state index in [-0.39, 0.29) is 24.0 Å². The molecule has 0 aliphatic carbocycles. The van der Waals surface area contributed by atoms with Crippen molar-refractivity contribution in [3.8, 4) is 0 Å². The van der Waals surface area contributed by atoms with E-state index in [0.717, 1.165) is 17.9 Å². The Hall–Kier alpha value is -1.99. The Morgan fingerprint density at radius 3 is 2.96 bits per heavy atom. The summed E-state index contributed by atoms with van der Waals surface area (Å²) >= 11 is 0. The van der Waals surface area contributed by atoms with Crippen LogP contribution in [0.1, 0.15) is 38.6 Å². The quantitative estimate of drug-likeness (QED) is 0.859.